The molecule has 1 aliphatic heterocycles. The fourth-order valence-corrected chi connectivity index (χ4v) is 2.47. The van der Waals surface area contributed by atoms with Gasteiger partial charge in [-0.3, -0.25) is 14.4 Å². The van der Waals surface area contributed by atoms with Gasteiger partial charge in [0.2, 0.25) is 5.91 Å². The van der Waals surface area contributed by atoms with Crippen molar-refractivity contribution in [3.8, 4) is 5.75 Å². The van der Waals surface area contributed by atoms with Crippen LogP contribution < -0.4 is 21.1 Å². The average molecular weight is 351 g/mol. The molecule has 0 bridgehead atoms. The first-order valence-electron chi connectivity index (χ1n) is 7.93. The molecule has 2 aromatic rings. The zero-order valence-electron chi connectivity index (χ0n) is 13.8. The number of benzene rings is 2. The lowest BCUT2D eigenvalue weighted by molar-refractivity contribution is -0.117. The molecule has 0 saturated heterocycles. The molecule has 7 heteroatoms. The van der Waals surface area contributed by atoms with Gasteiger partial charge >= 0.3 is 0 Å². The van der Waals surface area contributed by atoms with Crippen LogP contribution in [-0.2, 0) is 9.59 Å². The number of hydrogen-bond donors (Lipinski definition) is 3. The van der Waals surface area contributed by atoms with Crippen LogP contribution in [-0.4, -0.2) is 30.9 Å². The van der Waals surface area contributed by atoms with E-state index >= 15 is 0 Å². The standard InChI is InChI=1S/C19H17N3O4/c20-17(23)10-21-18(24)13-5-3-6-15(9-13)22-19(25)14-8-12-4-1-2-7-16(12)26-11-14/h1-9H,10-11H2,(H2,20,23)(H,21,24)(H,22,25). The zero-order valence-corrected chi connectivity index (χ0v) is 13.8. The summed E-state index contributed by atoms with van der Waals surface area (Å²) in [4.78, 5) is 35.2. The van der Waals surface area contributed by atoms with Crippen molar-refractivity contribution in [1.82, 2.24) is 5.32 Å². The van der Waals surface area contributed by atoms with Crippen molar-refractivity contribution < 1.29 is 19.1 Å². The van der Waals surface area contributed by atoms with Crippen molar-refractivity contribution in [3.63, 3.8) is 0 Å². The zero-order chi connectivity index (χ0) is 18.5. The van der Waals surface area contributed by atoms with Gasteiger partial charge in [0.15, 0.2) is 0 Å². The molecule has 3 amide bonds. The number of carbonyl (C=O) groups is 3. The summed E-state index contributed by atoms with van der Waals surface area (Å²) < 4.78 is 5.57. The summed E-state index contributed by atoms with van der Waals surface area (Å²) in [7, 11) is 0. The van der Waals surface area contributed by atoms with E-state index in [1.165, 1.54) is 6.07 Å². The van der Waals surface area contributed by atoms with Gasteiger partial charge in [0, 0.05) is 16.8 Å². The van der Waals surface area contributed by atoms with Gasteiger partial charge in [-0.1, -0.05) is 24.3 Å². The number of carbonyl (C=O) groups excluding carboxylic acids is 3. The first kappa shape index (κ1) is 17.2. The van der Waals surface area contributed by atoms with Crippen LogP contribution in [0.5, 0.6) is 5.75 Å². The first-order valence-corrected chi connectivity index (χ1v) is 7.93. The Labute approximate surface area is 149 Å². The number of hydrogen-bond acceptors (Lipinski definition) is 4. The van der Waals surface area contributed by atoms with E-state index in [-0.39, 0.29) is 19.1 Å². The van der Waals surface area contributed by atoms with Gasteiger partial charge in [0.05, 0.1) is 12.1 Å². The Balaban J connectivity index is 1.70. The smallest absolute Gasteiger partial charge is 0.255 e. The third kappa shape index (κ3) is 4.07. The van der Waals surface area contributed by atoms with Crippen LogP contribution in [0.25, 0.3) is 6.08 Å². The molecule has 1 heterocycles. The minimum atomic E-state index is -0.632. The minimum Gasteiger partial charge on any atom is -0.488 e. The Hall–Kier alpha value is -3.61. The van der Waals surface area contributed by atoms with Gasteiger partial charge in [-0.2, -0.15) is 0 Å². The predicted molar refractivity (Wildman–Crippen MR) is 96.5 cm³/mol. The molecule has 132 valence electrons. The molecule has 0 atom stereocenters. The molecule has 2 aromatic carbocycles. The number of nitrogens with two attached hydrogens (primary N) is 1. The maximum absolute atomic E-state index is 12.5. The van der Waals surface area contributed by atoms with E-state index in [9.17, 15) is 14.4 Å². The topological polar surface area (TPSA) is 111 Å². The Kier molecular flexibility index (Phi) is 4.98. The second kappa shape index (κ2) is 7.52. The van der Waals surface area contributed by atoms with Crippen LogP contribution in [0.2, 0.25) is 0 Å². The van der Waals surface area contributed by atoms with Gasteiger partial charge in [-0.15, -0.1) is 0 Å². The Morgan fingerprint density at radius 3 is 2.65 bits per heavy atom. The van der Waals surface area contributed by atoms with Crippen LogP contribution in [0.3, 0.4) is 0 Å². The van der Waals surface area contributed by atoms with E-state index in [1.54, 1.807) is 24.3 Å². The molecule has 0 spiro atoms. The number of fused-ring (bicyclic) bond motifs is 1. The summed E-state index contributed by atoms with van der Waals surface area (Å²) in [5.41, 5.74) is 7.09. The summed E-state index contributed by atoms with van der Waals surface area (Å²) in [6.07, 6.45) is 1.78. The van der Waals surface area contributed by atoms with E-state index in [2.05, 4.69) is 10.6 Å². The van der Waals surface area contributed by atoms with Gasteiger partial charge < -0.3 is 21.1 Å². The maximum Gasteiger partial charge on any atom is 0.255 e. The number of primary amides is 1. The highest BCUT2D eigenvalue weighted by Gasteiger charge is 2.17. The van der Waals surface area contributed by atoms with Crippen LogP contribution in [0.1, 0.15) is 15.9 Å². The third-order valence-corrected chi connectivity index (χ3v) is 3.73. The highest BCUT2D eigenvalue weighted by molar-refractivity contribution is 6.08. The van der Waals surface area contributed by atoms with Crippen molar-refractivity contribution in [1.29, 1.82) is 0 Å². The van der Waals surface area contributed by atoms with Crippen LogP contribution in [0, 0.1) is 0 Å². The fraction of sp³-hybridized carbons (Fsp3) is 0.105. The molecule has 4 N–H and O–H groups in total. The Morgan fingerprint density at radius 2 is 1.85 bits per heavy atom. The van der Waals surface area contributed by atoms with E-state index in [0.717, 1.165) is 11.3 Å². The van der Waals surface area contributed by atoms with Gasteiger partial charge in [0.1, 0.15) is 12.4 Å². The quantitative estimate of drug-likeness (QED) is 0.754. The van der Waals surface area contributed by atoms with Crippen molar-refractivity contribution in [2.45, 2.75) is 0 Å². The monoisotopic (exact) mass is 351 g/mol. The lowest BCUT2D eigenvalue weighted by Gasteiger charge is -2.17. The highest BCUT2D eigenvalue weighted by atomic mass is 16.5. The molecule has 0 radical (unpaired) electrons. The van der Waals surface area contributed by atoms with E-state index in [1.807, 2.05) is 24.3 Å². The lowest BCUT2D eigenvalue weighted by atomic mass is 10.1. The molecule has 0 aromatic heterocycles. The average Bonchev–Trinajstić information content (AvgIpc) is 2.65. The number of amides is 3. The fourth-order valence-electron chi connectivity index (χ4n) is 2.47. The molecule has 26 heavy (non-hydrogen) atoms. The number of para-hydroxylation sites is 1. The molecule has 7 nitrogen and oxygen atoms in total. The maximum atomic E-state index is 12.5. The summed E-state index contributed by atoms with van der Waals surface area (Å²) in [5, 5.41) is 5.14. The number of ether oxygens (including phenoxy) is 1. The molecule has 0 saturated carbocycles. The van der Waals surface area contributed by atoms with E-state index in [4.69, 9.17) is 10.5 Å². The van der Waals surface area contributed by atoms with Crippen molar-refractivity contribution in [2.24, 2.45) is 5.73 Å². The predicted octanol–water partition coefficient (Wildman–Crippen LogP) is 1.32. The van der Waals surface area contributed by atoms with Crippen LogP contribution >= 0.6 is 0 Å². The first-order chi connectivity index (χ1) is 12.5. The molecule has 1 aliphatic rings. The number of rotatable bonds is 5. The highest BCUT2D eigenvalue weighted by Crippen LogP contribution is 2.26. The molecular weight excluding hydrogens is 334 g/mol. The van der Waals surface area contributed by atoms with Crippen molar-refractivity contribution in [3.05, 3.63) is 65.2 Å². The summed E-state index contributed by atoms with van der Waals surface area (Å²) in [5.74, 6) is -0.660. The summed E-state index contributed by atoms with van der Waals surface area (Å²) >= 11 is 0. The molecule has 0 unspecified atom stereocenters. The SMILES string of the molecule is NC(=O)CNC(=O)c1cccc(NC(=O)C2=Cc3ccccc3OC2)c1. The summed E-state index contributed by atoms with van der Waals surface area (Å²) in [6.45, 7) is -0.0826. The molecule has 0 fully saturated rings. The lowest BCUT2D eigenvalue weighted by Crippen LogP contribution is -2.33. The second-order valence-corrected chi connectivity index (χ2v) is 5.68. The van der Waals surface area contributed by atoms with Gasteiger partial charge in [-0.25, -0.2) is 0 Å². The van der Waals surface area contributed by atoms with Gasteiger partial charge in [-0.05, 0) is 30.3 Å². The van der Waals surface area contributed by atoms with Crippen molar-refractivity contribution >= 4 is 29.5 Å². The van der Waals surface area contributed by atoms with Crippen LogP contribution in [0.4, 0.5) is 5.69 Å². The molecular formula is C19H17N3O4. The third-order valence-electron chi connectivity index (χ3n) is 3.73. The van der Waals surface area contributed by atoms with Crippen molar-refractivity contribution in [2.75, 3.05) is 18.5 Å². The van der Waals surface area contributed by atoms with Gasteiger partial charge in [0.25, 0.3) is 11.8 Å². The normalized spacial score (nSPS) is 12.2. The number of anilines is 1. The second-order valence-electron chi connectivity index (χ2n) is 5.68. The Morgan fingerprint density at radius 1 is 1.04 bits per heavy atom. The Bertz CT molecular complexity index is 905. The molecule has 0 aliphatic carbocycles. The minimum absolute atomic E-state index is 0.168. The van der Waals surface area contributed by atoms with E-state index in [0.29, 0.717) is 16.8 Å². The van der Waals surface area contributed by atoms with Crippen LogP contribution in [0.15, 0.2) is 54.1 Å². The van der Waals surface area contributed by atoms with E-state index < -0.39 is 11.8 Å². The summed E-state index contributed by atoms with van der Waals surface area (Å²) in [6, 6.07) is 13.8. The molecule has 3 rings (SSSR count). The number of nitrogens with one attached hydrogen (secondary N) is 2. The largest absolute Gasteiger partial charge is 0.488 e.